The lowest BCUT2D eigenvalue weighted by Crippen LogP contribution is -2.33. The molecule has 3 N–H and O–H groups in total. The Kier molecular flexibility index (Phi) is 6.13. The minimum absolute atomic E-state index is 0.0145. The lowest BCUT2D eigenvalue weighted by molar-refractivity contribution is -0.118. The molecule has 1 aromatic carbocycles. The van der Waals surface area contributed by atoms with Gasteiger partial charge in [0.25, 0.3) is 5.91 Å². The summed E-state index contributed by atoms with van der Waals surface area (Å²) >= 11 is 0. The zero-order valence-corrected chi connectivity index (χ0v) is 17.0. The number of fused-ring (bicyclic) bond motifs is 1. The van der Waals surface area contributed by atoms with Crippen molar-refractivity contribution in [3.8, 4) is 0 Å². The van der Waals surface area contributed by atoms with Crippen LogP contribution in [0.4, 0.5) is 0 Å². The molecule has 0 radical (unpaired) electrons. The van der Waals surface area contributed by atoms with Crippen molar-refractivity contribution in [1.82, 2.24) is 21.2 Å². The molecule has 0 spiro atoms. The van der Waals surface area contributed by atoms with Crippen molar-refractivity contribution in [2.75, 3.05) is 26.3 Å². The topological polar surface area (TPSA) is 87.2 Å². The quantitative estimate of drug-likeness (QED) is 0.575. The van der Waals surface area contributed by atoms with E-state index in [1.807, 2.05) is 31.1 Å². The van der Waals surface area contributed by atoms with Crippen molar-refractivity contribution < 1.29 is 14.4 Å². The van der Waals surface area contributed by atoms with Crippen LogP contribution < -0.4 is 16.2 Å². The molecule has 156 valence electrons. The molecule has 2 atom stereocenters. The van der Waals surface area contributed by atoms with Gasteiger partial charge in [-0.2, -0.15) is 0 Å². The van der Waals surface area contributed by atoms with Gasteiger partial charge in [0.05, 0.1) is 19.2 Å². The number of amidine groups is 1. The van der Waals surface area contributed by atoms with Crippen molar-refractivity contribution in [2.24, 2.45) is 4.99 Å². The average molecular weight is 399 g/mol. The van der Waals surface area contributed by atoms with Crippen LogP contribution in [0, 0.1) is 0 Å². The van der Waals surface area contributed by atoms with E-state index < -0.39 is 0 Å². The molecule has 2 heterocycles. The molecule has 29 heavy (non-hydrogen) atoms. The first-order valence-corrected chi connectivity index (χ1v) is 10.4. The van der Waals surface area contributed by atoms with Crippen molar-refractivity contribution in [1.29, 1.82) is 0 Å². The first-order valence-electron chi connectivity index (χ1n) is 10.4. The number of hydrazine groups is 1. The molecule has 4 rings (SSSR count). The maximum absolute atomic E-state index is 12.7. The summed E-state index contributed by atoms with van der Waals surface area (Å²) in [6.07, 6.45) is 4.45. The van der Waals surface area contributed by atoms with Gasteiger partial charge < -0.3 is 15.1 Å². The Labute approximate surface area is 171 Å². The largest absolute Gasteiger partial charge is 0.380 e. The van der Waals surface area contributed by atoms with Crippen LogP contribution in [0.25, 0.3) is 0 Å². The van der Waals surface area contributed by atoms with Gasteiger partial charge in [0.1, 0.15) is 0 Å². The summed E-state index contributed by atoms with van der Waals surface area (Å²) in [5.41, 5.74) is 10.3. The van der Waals surface area contributed by atoms with Gasteiger partial charge in [-0.25, -0.2) is 20.7 Å². The molecule has 0 saturated carbocycles. The summed E-state index contributed by atoms with van der Waals surface area (Å²) in [7, 11) is 0. The van der Waals surface area contributed by atoms with Crippen LogP contribution in [0.15, 0.2) is 35.0 Å². The maximum atomic E-state index is 12.7. The number of amides is 1. The summed E-state index contributed by atoms with van der Waals surface area (Å²) in [4.78, 5) is 22.7. The number of nitrogens with one attached hydrogen (secondary N) is 3. The SMILES string of the molecule is CCOCCN1C=C(C(=O)N[C@@H]2CCc3cc(C4=NC(CC)ON4)ccc32)CN1. The number of carbonyl (C=O) groups is 1. The number of benzene rings is 1. The number of hydrogen-bond acceptors (Lipinski definition) is 7. The normalized spacial score (nSPS) is 22.9. The van der Waals surface area contributed by atoms with Crippen LogP contribution in [0.2, 0.25) is 0 Å². The minimum Gasteiger partial charge on any atom is -0.380 e. The van der Waals surface area contributed by atoms with Gasteiger partial charge in [-0.05, 0) is 43.4 Å². The minimum atomic E-state index is -0.119. The number of aryl methyl sites for hydroxylation is 1. The van der Waals surface area contributed by atoms with Crippen LogP contribution in [0.3, 0.4) is 0 Å². The van der Waals surface area contributed by atoms with Crippen molar-refractivity contribution in [2.45, 2.75) is 45.4 Å². The monoisotopic (exact) mass is 399 g/mol. The highest BCUT2D eigenvalue weighted by Gasteiger charge is 2.27. The summed E-state index contributed by atoms with van der Waals surface area (Å²) < 4.78 is 5.36. The zero-order valence-electron chi connectivity index (χ0n) is 17.0. The fraction of sp³-hybridized carbons (Fsp3) is 0.524. The van der Waals surface area contributed by atoms with E-state index in [-0.39, 0.29) is 18.2 Å². The Morgan fingerprint density at radius 1 is 1.41 bits per heavy atom. The van der Waals surface area contributed by atoms with Crippen molar-refractivity contribution >= 4 is 11.7 Å². The van der Waals surface area contributed by atoms with E-state index >= 15 is 0 Å². The predicted octanol–water partition coefficient (Wildman–Crippen LogP) is 1.55. The van der Waals surface area contributed by atoms with Crippen LogP contribution in [0.5, 0.6) is 0 Å². The van der Waals surface area contributed by atoms with E-state index in [0.717, 1.165) is 42.8 Å². The molecule has 2 aliphatic heterocycles. The second-order valence-corrected chi connectivity index (χ2v) is 7.42. The van der Waals surface area contributed by atoms with E-state index in [0.29, 0.717) is 19.8 Å². The molecule has 0 saturated heterocycles. The Hall–Kier alpha value is -2.42. The molecule has 0 fully saturated rings. The fourth-order valence-electron chi connectivity index (χ4n) is 3.85. The average Bonchev–Trinajstić information content (AvgIpc) is 3.48. The third-order valence-corrected chi connectivity index (χ3v) is 5.47. The van der Waals surface area contributed by atoms with Gasteiger partial charge in [-0.1, -0.05) is 19.1 Å². The van der Waals surface area contributed by atoms with Crippen LogP contribution in [0.1, 0.15) is 49.4 Å². The van der Waals surface area contributed by atoms with Crippen LogP contribution >= 0.6 is 0 Å². The summed E-state index contributed by atoms with van der Waals surface area (Å²) in [5.74, 6) is 0.765. The first kappa shape index (κ1) is 19.9. The molecule has 1 aromatic rings. The molecule has 1 amide bonds. The summed E-state index contributed by atoms with van der Waals surface area (Å²) in [5, 5.41) is 5.11. The molecule has 8 nitrogen and oxygen atoms in total. The van der Waals surface area contributed by atoms with Gasteiger partial charge in [0.15, 0.2) is 12.1 Å². The molecule has 1 aliphatic carbocycles. The number of hydroxylamine groups is 1. The number of rotatable bonds is 8. The fourth-order valence-corrected chi connectivity index (χ4v) is 3.85. The zero-order chi connectivity index (χ0) is 20.2. The maximum Gasteiger partial charge on any atom is 0.250 e. The number of ether oxygens (including phenoxy) is 1. The first-order chi connectivity index (χ1) is 14.2. The predicted molar refractivity (Wildman–Crippen MR) is 110 cm³/mol. The lowest BCUT2D eigenvalue weighted by Gasteiger charge is -2.15. The summed E-state index contributed by atoms with van der Waals surface area (Å²) in [6.45, 7) is 6.62. The van der Waals surface area contributed by atoms with Crippen molar-refractivity contribution in [3.05, 3.63) is 46.7 Å². The number of hydrogen-bond donors (Lipinski definition) is 3. The second-order valence-electron chi connectivity index (χ2n) is 7.42. The Bertz CT molecular complexity index is 823. The molecular weight excluding hydrogens is 370 g/mol. The van der Waals surface area contributed by atoms with Crippen molar-refractivity contribution in [3.63, 3.8) is 0 Å². The van der Waals surface area contributed by atoms with E-state index in [1.54, 1.807) is 0 Å². The Morgan fingerprint density at radius 3 is 3.10 bits per heavy atom. The number of carbonyl (C=O) groups excluding carboxylic acids is 1. The second kappa shape index (κ2) is 8.94. The van der Waals surface area contributed by atoms with Crippen LogP contribution in [-0.2, 0) is 20.8 Å². The van der Waals surface area contributed by atoms with E-state index in [4.69, 9.17) is 9.57 Å². The highest BCUT2D eigenvalue weighted by molar-refractivity contribution is 5.99. The molecular formula is C21H29N5O3. The van der Waals surface area contributed by atoms with Gasteiger partial charge in [0, 0.05) is 30.5 Å². The highest BCUT2D eigenvalue weighted by Crippen LogP contribution is 2.32. The summed E-state index contributed by atoms with van der Waals surface area (Å²) in [6, 6.07) is 6.34. The molecule has 1 unspecified atom stereocenters. The standard InChI is InChI=1S/C21H29N5O3/c1-3-19-24-20(25-29-19)15-5-7-17-14(11-15)6-8-18(17)23-21(27)16-12-22-26(13-16)9-10-28-4-2/h5,7,11,13,18-19,22H,3-4,6,8-10,12H2,1-2H3,(H,23,27)(H,24,25)/t18-,19?/m1/s1. The van der Waals surface area contributed by atoms with E-state index in [1.165, 1.54) is 11.1 Å². The molecule has 0 aromatic heterocycles. The van der Waals surface area contributed by atoms with E-state index in [2.05, 4.69) is 33.3 Å². The van der Waals surface area contributed by atoms with Gasteiger partial charge >= 0.3 is 0 Å². The number of nitrogens with zero attached hydrogens (tertiary/aromatic N) is 2. The third kappa shape index (κ3) is 4.44. The molecule has 0 bridgehead atoms. The number of aliphatic imine (C=N–C) groups is 1. The highest BCUT2D eigenvalue weighted by atomic mass is 16.7. The Balaban J connectivity index is 1.37. The third-order valence-electron chi connectivity index (χ3n) is 5.47. The molecule has 8 heteroatoms. The van der Waals surface area contributed by atoms with E-state index in [9.17, 15) is 4.79 Å². The van der Waals surface area contributed by atoms with Gasteiger partial charge in [-0.15, -0.1) is 0 Å². The van der Waals surface area contributed by atoms with Gasteiger partial charge in [0.2, 0.25) is 0 Å². The Morgan fingerprint density at radius 2 is 2.31 bits per heavy atom. The lowest BCUT2D eigenvalue weighted by atomic mass is 10.0. The van der Waals surface area contributed by atoms with Gasteiger partial charge in [-0.3, -0.25) is 4.79 Å². The smallest absolute Gasteiger partial charge is 0.250 e. The van der Waals surface area contributed by atoms with Crippen LogP contribution in [-0.4, -0.2) is 49.3 Å². The molecule has 3 aliphatic rings.